The minimum absolute atomic E-state index is 0.0214. The standard InChI is InChI=1S/C24H29N3O4/c1-17-4-6-18(7-5-17)21-15-22(20-9-8-19(29-2)14-23(20)30-3)27(25-21)24(28)16-26-10-12-31-13-11-26/h4-9,14,22H,10-13,15-16H2,1-3H3. The van der Waals surface area contributed by atoms with Crippen LogP contribution in [-0.2, 0) is 9.53 Å². The third-order valence-corrected chi connectivity index (χ3v) is 5.81. The lowest BCUT2D eigenvalue weighted by molar-refractivity contribution is -0.135. The normalized spacial score (nSPS) is 19.3. The van der Waals surface area contributed by atoms with Gasteiger partial charge in [0.05, 0.1) is 45.7 Å². The lowest BCUT2D eigenvalue weighted by Crippen LogP contribution is -2.43. The van der Waals surface area contributed by atoms with Crippen LogP contribution in [0.25, 0.3) is 0 Å². The van der Waals surface area contributed by atoms with E-state index in [-0.39, 0.29) is 11.9 Å². The van der Waals surface area contributed by atoms with Gasteiger partial charge in [0.2, 0.25) is 0 Å². The van der Waals surface area contributed by atoms with Crippen molar-refractivity contribution >= 4 is 11.6 Å². The van der Waals surface area contributed by atoms with Crippen molar-refractivity contribution in [3.8, 4) is 11.5 Å². The van der Waals surface area contributed by atoms with Crippen LogP contribution in [0.3, 0.4) is 0 Å². The number of morpholine rings is 1. The zero-order valence-corrected chi connectivity index (χ0v) is 18.3. The number of hydrogen-bond acceptors (Lipinski definition) is 6. The number of aryl methyl sites for hydroxylation is 1. The molecule has 0 bridgehead atoms. The SMILES string of the molecule is COc1ccc(C2CC(c3ccc(C)cc3)=NN2C(=O)CN2CCOCC2)c(OC)c1. The molecule has 1 saturated heterocycles. The molecule has 0 radical (unpaired) electrons. The number of rotatable bonds is 6. The number of ether oxygens (including phenoxy) is 3. The zero-order valence-electron chi connectivity index (χ0n) is 18.3. The average Bonchev–Trinajstić information content (AvgIpc) is 3.25. The van der Waals surface area contributed by atoms with E-state index >= 15 is 0 Å². The van der Waals surface area contributed by atoms with E-state index in [4.69, 9.17) is 19.3 Å². The van der Waals surface area contributed by atoms with Gasteiger partial charge < -0.3 is 14.2 Å². The molecule has 1 amide bonds. The number of amides is 1. The Morgan fingerprint density at radius 1 is 1.10 bits per heavy atom. The van der Waals surface area contributed by atoms with E-state index in [0.717, 1.165) is 29.9 Å². The monoisotopic (exact) mass is 423 g/mol. The molecule has 2 heterocycles. The lowest BCUT2D eigenvalue weighted by atomic mass is 9.97. The van der Waals surface area contributed by atoms with Crippen LogP contribution in [0, 0.1) is 6.92 Å². The highest BCUT2D eigenvalue weighted by molar-refractivity contribution is 6.03. The van der Waals surface area contributed by atoms with Crippen LogP contribution in [0.2, 0.25) is 0 Å². The fraction of sp³-hybridized carbons (Fsp3) is 0.417. The van der Waals surface area contributed by atoms with Crippen LogP contribution in [0.1, 0.15) is 29.2 Å². The van der Waals surface area contributed by atoms with E-state index in [1.165, 1.54) is 5.56 Å². The molecule has 0 aromatic heterocycles. The third kappa shape index (κ3) is 4.73. The lowest BCUT2D eigenvalue weighted by Gasteiger charge is -2.29. The molecule has 0 aliphatic carbocycles. The number of carbonyl (C=O) groups is 1. The summed E-state index contributed by atoms with van der Waals surface area (Å²) < 4.78 is 16.4. The Labute approximate surface area is 183 Å². The Balaban J connectivity index is 1.65. The van der Waals surface area contributed by atoms with Crippen LogP contribution in [0.4, 0.5) is 0 Å². The Morgan fingerprint density at radius 3 is 2.52 bits per heavy atom. The smallest absolute Gasteiger partial charge is 0.257 e. The van der Waals surface area contributed by atoms with Crippen molar-refractivity contribution in [3.05, 3.63) is 59.2 Å². The van der Waals surface area contributed by atoms with Crippen molar-refractivity contribution in [2.75, 3.05) is 47.1 Å². The van der Waals surface area contributed by atoms with Gasteiger partial charge in [-0.2, -0.15) is 5.10 Å². The number of nitrogens with zero attached hydrogens (tertiary/aromatic N) is 3. The minimum Gasteiger partial charge on any atom is -0.497 e. The van der Waals surface area contributed by atoms with E-state index in [2.05, 4.69) is 36.1 Å². The van der Waals surface area contributed by atoms with Gasteiger partial charge in [0, 0.05) is 31.1 Å². The fourth-order valence-electron chi connectivity index (χ4n) is 4.02. The zero-order chi connectivity index (χ0) is 21.8. The highest BCUT2D eigenvalue weighted by atomic mass is 16.5. The average molecular weight is 424 g/mol. The van der Waals surface area contributed by atoms with Crippen molar-refractivity contribution in [2.45, 2.75) is 19.4 Å². The van der Waals surface area contributed by atoms with Crippen molar-refractivity contribution < 1.29 is 19.0 Å². The van der Waals surface area contributed by atoms with Crippen molar-refractivity contribution in [2.24, 2.45) is 5.10 Å². The number of methoxy groups -OCH3 is 2. The van der Waals surface area contributed by atoms with E-state index in [0.29, 0.717) is 37.7 Å². The van der Waals surface area contributed by atoms with E-state index in [1.54, 1.807) is 19.2 Å². The van der Waals surface area contributed by atoms with Crippen molar-refractivity contribution in [3.63, 3.8) is 0 Å². The molecule has 0 spiro atoms. The highest BCUT2D eigenvalue weighted by Crippen LogP contribution is 2.39. The molecule has 2 aromatic carbocycles. The summed E-state index contributed by atoms with van der Waals surface area (Å²) in [4.78, 5) is 15.4. The van der Waals surface area contributed by atoms with E-state index in [9.17, 15) is 4.79 Å². The van der Waals surface area contributed by atoms with Gasteiger partial charge in [-0.25, -0.2) is 5.01 Å². The molecular formula is C24H29N3O4. The maximum atomic E-state index is 13.3. The summed E-state index contributed by atoms with van der Waals surface area (Å²) in [6.07, 6.45) is 0.626. The van der Waals surface area contributed by atoms with Crippen LogP contribution in [0.5, 0.6) is 11.5 Å². The summed E-state index contributed by atoms with van der Waals surface area (Å²) in [6.45, 7) is 5.20. The van der Waals surface area contributed by atoms with Gasteiger partial charge in [0.15, 0.2) is 0 Å². The van der Waals surface area contributed by atoms with E-state index < -0.39 is 0 Å². The number of hydrazone groups is 1. The molecule has 2 aliphatic heterocycles. The molecule has 1 fully saturated rings. The van der Waals surface area contributed by atoms with E-state index in [1.807, 2.05) is 18.2 Å². The first-order valence-corrected chi connectivity index (χ1v) is 10.6. The molecule has 0 N–H and O–H groups in total. The number of benzene rings is 2. The van der Waals surface area contributed by atoms with Gasteiger partial charge in [0.25, 0.3) is 5.91 Å². The van der Waals surface area contributed by atoms with Gasteiger partial charge in [-0.1, -0.05) is 29.8 Å². The Morgan fingerprint density at radius 2 is 1.84 bits per heavy atom. The second kappa shape index (κ2) is 9.49. The minimum atomic E-state index is -0.231. The molecule has 164 valence electrons. The predicted octanol–water partition coefficient (Wildman–Crippen LogP) is 3.02. The number of carbonyl (C=O) groups excluding carboxylic acids is 1. The Bertz CT molecular complexity index is 952. The molecule has 7 nitrogen and oxygen atoms in total. The van der Waals surface area contributed by atoms with Gasteiger partial charge in [-0.05, 0) is 24.6 Å². The molecule has 7 heteroatoms. The summed E-state index contributed by atoms with van der Waals surface area (Å²) in [5.41, 5.74) is 4.04. The summed E-state index contributed by atoms with van der Waals surface area (Å²) in [6, 6.07) is 13.7. The molecule has 0 saturated carbocycles. The molecule has 4 rings (SSSR count). The quantitative estimate of drug-likeness (QED) is 0.715. The van der Waals surface area contributed by atoms with Crippen LogP contribution >= 0.6 is 0 Å². The van der Waals surface area contributed by atoms with Crippen molar-refractivity contribution in [1.82, 2.24) is 9.91 Å². The summed E-state index contributed by atoms with van der Waals surface area (Å²) in [5, 5.41) is 6.42. The molecule has 1 unspecified atom stereocenters. The van der Waals surface area contributed by atoms with Gasteiger partial charge in [-0.3, -0.25) is 9.69 Å². The van der Waals surface area contributed by atoms with Crippen LogP contribution in [0.15, 0.2) is 47.6 Å². The van der Waals surface area contributed by atoms with Gasteiger partial charge in [0.1, 0.15) is 11.5 Å². The maximum Gasteiger partial charge on any atom is 0.257 e. The topological polar surface area (TPSA) is 63.6 Å². The summed E-state index contributed by atoms with van der Waals surface area (Å²) >= 11 is 0. The Hall–Kier alpha value is -2.90. The summed E-state index contributed by atoms with van der Waals surface area (Å²) in [7, 11) is 3.26. The largest absolute Gasteiger partial charge is 0.497 e. The first kappa shape index (κ1) is 21.3. The second-order valence-corrected chi connectivity index (χ2v) is 7.87. The molecule has 31 heavy (non-hydrogen) atoms. The van der Waals surface area contributed by atoms with Crippen molar-refractivity contribution in [1.29, 1.82) is 0 Å². The maximum absolute atomic E-state index is 13.3. The second-order valence-electron chi connectivity index (χ2n) is 7.87. The van der Waals surface area contributed by atoms with Gasteiger partial charge in [-0.15, -0.1) is 0 Å². The number of hydrogen-bond donors (Lipinski definition) is 0. The molecule has 1 atom stereocenters. The molecular weight excluding hydrogens is 394 g/mol. The summed E-state index contributed by atoms with van der Waals surface area (Å²) in [5.74, 6) is 1.38. The predicted molar refractivity (Wildman–Crippen MR) is 119 cm³/mol. The first-order valence-electron chi connectivity index (χ1n) is 10.6. The molecule has 2 aromatic rings. The van der Waals surface area contributed by atoms with Crippen LogP contribution in [-0.4, -0.2) is 68.6 Å². The molecule has 2 aliphatic rings. The Kier molecular flexibility index (Phi) is 6.53. The highest BCUT2D eigenvalue weighted by Gasteiger charge is 2.35. The van der Waals surface area contributed by atoms with Gasteiger partial charge >= 0.3 is 0 Å². The fourth-order valence-corrected chi connectivity index (χ4v) is 4.02. The third-order valence-electron chi connectivity index (χ3n) is 5.81. The first-order chi connectivity index (χ1) is 15.1. The van der Waals surface area contributed by atoms with Crippen LogP contribution < -0.4 is 9.47 Å².